The highest BCUT2D eigenvalue weighted by Crippen LogP contribution is 2.22. The molecule has 0 unspecified atom stereocenters. The third-order valence-electron chi connectivity index (χ3n) is 2.67. The SMILES string of the molecule is CCN(c1cc(C#N)ccn1)C(C)(C)C(=O)O. The Hall–Kier alpha value is -2.09. The molecule has 0 radical (unpaired) electrons. The van der Waals surface area contributed by atoms with Gasteiger partial charge in [0.05, 0.1) is 11.6 Å². The second kappa shape index (κ2) is 4.83. The van der Waals surface area contributed by atoms with Crippen molar-refractivity contribution in [3.63, 3.8) is 0 Å². The minimum atomic E-state index is -1.06. The molecule has 0 saturated carbocycles. The number of aliphatic carboxylic acids is 1. The van der Waals surface area contributed by atoms with Gasteiger partial charge in [-0.15, -0.1) is 0 Å². The third-order valence-corrected chi connectivity index (χ3v) is 2.67. The van der Waals surface area contributed by atoms with Crippen molar-refractivity contribution in [2.75, 3.05) is 11.4 Å². The van der Waals surface area contributed by atoms with E-state index in [2.05, 4.69) is 4.98 Å². The lowest BCUT2D eigenvalue weighted by atomic mass is 10.0. The van der Waals surface area contributed by atoms with E-state index in [1.54, 1.807) is 30.9 Å². The van der Waals surface area contributed by atoms with Crippen LogP contribution in [0.4, 0.5) is 5.82 Å². The Morgan fingerprint density at radius 2 is 2.29 bits per heavy atom. The summed E-state index contributed by atoms with van der Waals surface area (Å²) in [5.74, 6) is -0.428. The summed E-state index contributed by atoms with van der Waals surface area (Å²) in [6.07, 6.45) is 1.51. The van der Waals surface area contributed by atoms with Crippen molar-refractivity contribution in [1.82, 2.24) is 4.98 Å². The molecule has 5 heteroatoms. The lowest BCUT2D eigenvalue weighted by molar-refractivity contribution is -0.142. The second-order valence-corrected chi connectivity index (χ2v) is 4.12. The first-order valence-electron chi connectivity index (χ1n) is 5.30. The highest BCUT2D eigenvalue weighted by molar-refractivity contribution is 5.82. The van der Waals surface area contributed by atoms with E-state index in [-0.39, 0.29) is 0 Å². The quantitative estimate of drug-likeness (QED) is 0.855. The maximum Gasteiger partial charge on any atom is 0.328 e. The molecule has 5 nitrogen and oxygen atoms in total. The predicted molar refractivity (Wildman–Crippen MR) is 63.7 cm³/mol. The fraction of sp³-hybridized carbons (Fsp3) is 0.417. The summed E-state index contributed by atoms with van der Waals surface area (Å²) in [6.45, 7) is 5.58. The molecule has 1 N–H and O–H groups in total. The van der Waals surface area contributed by atoms with E-state index in [1.165, 1.54) is 6.20 Å². The molecule has 1 aromatic rings. The van der Waals surface area contributed by atoms with Crippen molar-refractivity contribution in [3.8, 4) is 6.07 Å². The number of rotatable bonds is 4. The molecule has 0 spiro atoms. The van der Waals surface area contributed by atoms with Crippen molar-refractivity contribution >= 4 is 11.8 Å². The summed E-state index contributed by atoms with van der Waals surface area (Å²) in [5.41, 5.74) is -0.592. The number of aromatic nitrogens is 1. The van der Waals surface area contributed by atoms with Crippen LogP contribution in [-0.2, 0) is 4.79 Å². The summed E-state index contributed by atoms with van der Waals surface area (Å²) in [4.78, 5) is 17.0. The summed E-state index contributed by atoms with van der Waals surface area (Å²) in [5, 5.41) is 18.0. The van der Waals surface area contributed by atoms with E-state index in [1.807, 2.05) is 13.0 Å². The predicted octanol–water partition coefficient (Wildman–Crippen LogP) is 1.64. The summed E-state index contributed by atoms with van der Waals surface area (Å²) in [6, 6.07) is 5.19. The molecule has 0 atom stereocenters. The van der Waals surface area contributed by atoms with Gasteiger partial charge in [-0.05, 0) is 32.9 Å². The standard InChI is InChI=1S/C12H15N3O2/c1-4-15(12(2,3)11(16)17)10-7-9(8-13)5-6-14-10/h5-7H,4H2,1-3H3,(H,16,17). The topological polar surface area (TPSA) is 77.2 Å². The number of pyridine rings is 1. The first-order chi connectivity index (χ1) is 7.93. The molecular formula is C12H15N3O2. The van der Waals surface area contributed by atoms with E-state index in [4.69, 9.17) is 5.26 Å². The van der Waals surface area contributed by atoms with Crippen LogP contribution in [0.2, 0.25) is 0 Å². The van der Waals surface area contributed by atoms with Crippen LogP contribution in [0.5, 0.6) is 0 Å². The van der Waals surface area contributed by atoms with Gasteiger partial charge in [0.15, 0.2) is 0 Å². The van der Waals surface area contributed by atoms with Gasteiger partial charge in [0.2, 0.25) is 0 Å². The van der Waals surface area contributed by atoms with Gasteiger partial charge < -0.3 is 10.0 Å². The number of likely N-dealkylation sites (N-methyl/N-ethyl adjacent to an activating group) is 1. The Morgan fingerprint density at radius 3 is 2.76 bits per heavy atom. The molecule has 0 fully saturated rings. The number of carbonyl (C=O) groups is 1. The Bertz CT molecular complexity index is 463. The largest absolute Gasteiger partial charge is 0.480 e. The average molecular weight is 233 g/mol. The van der Waals surface area contributed by atoms with Gasteiger partial charge in [-0.2, -0.15) is 5.26 Å². The smallest absolute Gasteiger partial charge is 0.328 e. The molecule has 1 rings (SSSR count). The Kier molecular flexibility index (Phi) is 3.69. The van der Waals surface area contributed by atoms with Gasteiger partial charge in [0.25, 0.3) is 0 Å². The molecule has 0 aromatic carbocycles. The fourth-order valence-electron chi connectivity index (χ4n) is 1.59. The number of nitriles is 1. The van der Waals surface area contributed by atoms with Crippen molar-refractivity contribution in [2.45, 2.75) is 26.3 Å². The van der Waals surface area contributed by atoms with Crippen LogP contribution in [0.25, 0.3) is 0 Å². The Labute approximate surface area is 100 Å². The number of carboxylic acids is 1. The number of nitrogens with zero attached hydrogens (tertiary/aromatic N) is 3. The lowest BCUT2D eigenvalue weighted by Gasteiger charge is -2.35. The minimum absolute atomic E-state index is 0.467. The number of carboxylic acid groups (broad SMARTS) is 1. The van der Waals surface area contributed by atoms with Gasteiger partial charge in [-0.25, -0.2) is 9.78 Å². The van der Waals surface area contributed by atoms with Gasteiger partial charge in [-0.1, -0.05) is 0 Å². The zero-order valence-corrected chi connectivity index (χ0v) is 10.1. The Balaban J connectivity index is 3.19. The highest BCUT2D eigenvalue weighted by atomic mass is 16.4. The first-order valence-corrected chi connectivity index (χ1v) is 5.30. The van der Waals surface area contributed by atoms with E-state index < -0.39 is 11.5 Å². The lowest BCUT2D eigenvalue weighted by Crippen LogP contribution is -2.50. The molecule has 1 heterocycles. The molecule has 0 aliphatic heterocycles. The van der Waals surface area contributed by atoms with Crippen LogP contribution in [0.3, 0.4) is 0 Å². The number of anilines is 1. The van der Waals surface area contributed by atoms with Gasteiger partial charge >= 0.3 is 5.97 Å². The number of hydrogen-bond donors (Lipinski definition) is 1. The third kappa shape index (κ3) is 2.53. The molecule has 17 heavy (non-hydrogen) atoms. The molecule has 90 valence electrons. The molecule has 0 amide bonds. The monoisotopic (exact) mass is 233 g/mol. The van der Waals surface area contributed by atoms with E-state index in [0.29, 0.717) is 17.9 Å². The Morgan fingerprint density at radius 1 is 1.65 bits per heavy atom. The van der Waals surface area contributed by atoms with E-state index >= 15 is 0 Å². The summed E-state index contributed by atoms with van der Waals surface area (Å²) < 4.78 is 0. The molecular weight excluding hydrogens is 218 g/mol. The normalized spacial score (nSPS) is 10.7. The second-order valence-electron chi connectivity index (χ2n) is 4.12. The van der Waals surface area contributed by atoms with E-state index in [9.17, 15) is 9.90 Å². The molecule has 0 aliphatic carbocycles. The van der Waals surface area contributed by atoms with Gasteiger partial charge in [-0.3, -0.25) is 0 Å². The van der Waals surface area contributed by atoms with Crippen molar-refractivity contribution in [2.24, 2.45) is 0 Å². The van der Waals surface area contributed by atoms with Crippen molar-refractivity contribution in [3.05, 3.63) is 23.9 Å². The van der Waals surface area contributed by atoms with Crippen LogP contribution in [0.15, 0.2) is 18.3 Å². The van der Waals surface area contributed by atoms with Crippen LogP contribution in [0, 0.1) is 11.3 Å². The van der Waals surface area contributed by atoms with Crippen LogP contribution in [-0.4, -0.2) is 28.1 Å². The number of hydrogen-bond acceptors (Lipinski definition) is 4. The maximum absolute atomic E-state index is 11.2. The van der Waals surface area contributed by atoms with Crippen LogP contribution in [0.1, 0.15) is 26.3 Å². The fourth-order valence-corrected chi connectivity index (χ4v) is 1.59. The maximum atomic E-state index is 11.2. The minimum Gasteiger partial charge on any atom is -0.480 e. The van der Waals surface area contributed by atoms with E-state index in [0.717, 1.165) is 0 Å². The molecule has 0 bridgehead atoms. The molecule has 0 saturated heterocycles. The van der Waals surface area contributed by atoms with Gasteiger partial charge in [0.1, 0.15) is 11.4 Å². The van der Waals surface area contributed by atoms with Crippen LogP contribution >= 0.6 is 0 Å². The summed E-state index contributed by atoms with van der Waals surface area (Å²) >= 11 is 0. The highest BCUT2D eigenvalue weighted by Gasteiger charge is 2.34. The first kappa shape index (κ1) is 13.0. The zero-order valence-electron chi connectivity index (χ0n) is 10.1. The molecule has 1 aromatic heterocycles. The van der Waals surface area contributed by atoms with Crippen LogP contribution < -0.4 is 4.90 Å². The van der Waals surface area contributed by atoms with Crippen molar-refractivity contribution in [1.29, 1.82) is 5.26 Å². The average Bonchev–Trinajstić information content (AvgIpc) is 2.29. The summed E-state index contributed by atoms with van der Waals surface area (Å²) in [7, 11) is 0. The zero-order chi connectivity index (χ0) is 13.1. The molecule has 0 aliphatic rings. The van der Waals surface area contributed by atoms with Crippen molar-refractivity contribution < 1.29 is 9.90 Å². The van der Waals surface area contributed by atoms with Gasteiger partial charge in [0, 0.05) is 12.7 Å².